The molecule has 0 aliphatic carbocycles. The van der Waals surface area contributed by atoms with Gasteiger partial charge in [0.25, 0.3) is 0 Å². The van der Waals surface area contributed by atoms with Crippen molar-refractivity contribution in [1.29, 1.82) is 0 Å². The Balaban J connectivity index is 2.58. The van der Waals surface area contributed by atoms with Crippen LogP contribution in [0.15, 0.2) is 23.3 Å². The fourth-order valence-electron chi connectivity index (χ4n) is 0.966. The third kappa shape index (κ3) is 0.832. The third-order valence-corrected chi connectivity index (χ3v) is 1.50. The highest BCUT2D eigenvalue weighted by Crippen LogP contribution is 2.21. The van der Waals surface area contributed by atoms with Gasteiger partial charge < -0.3 is 5.73 Å². The molecule has 11 heavy (non-hydrogen) atoms. The summed E-state index contributed by atoms with van der Waals surface area (Å²) in [6.07, 6.45) is 0. The Hall–Kier alpha value is -1.58. The highest BCUT2D eigenvalue weighted by Gasteiger charge is 2.14. The van der Waals surface area contributed by atoms with Gasteiger partial charge in [-0.3, -0.25) is 0 Å². The first-order chi connectivity index (χ1) is 5.27. The van der Waals surface area contributed by atoms with Crippen LogP contribution in [0.2, 0.25) is 0 Å². The van der Waals surface area contributed by atoms with E-state index in [1.165, 1.54) is 12.1 Å². The van der Waals surface area contributed by atoms with E-state index in [-0.39, 0.29) is 5.82 Å². The third-order valence-electron chi connectivity index (χ3n) is 1.50. The van der Waals surface area contributed by atoms with Gasteiger partial charge in [-0.25, -0.2) is 4.39 Å². The van der Waals surface area contributed by atoms with E-state index in [1.54, 1.807) is 6.07 Å². The maximum atomic E-state index is 12.5. The highest BCUT2D eigenvalue weighted by atomic mass is 19.1. The Kier molecular flexibility index (Phi) is 1.09. The summed E-state index contributed by atoms with van der Waals surface area (Å²) in [5, 5.41) is 3.60. The quantitative estimate of drug-likeness (QED) is 0.581. The van der Waals surface area contributed by atoms with Gasteiger partial charge in [0.2, 0.25) is 0 Å². The van der Waals surface area contributed by atoms with Crippen LogP contribution in [0.4, 0.5) is 10.1 Å². The van der Waals surface area contributed by atoms with Crippen LogP contribution in [-0.4, -0.2) is 5.84 Å². The molecule has 0 spiro atoms. The second kappa shape index (κ2) is 1.95. The molecule has 1 aliphatic rings. The number of hydrogen-bond donors (Lipinski definition) is 1. The van der Waals surface area contributed by atoms with Gasteiger partial charge in [-0.2, -0.15) is 0 Å². The highest BCUT2D eigenvalue weighted by molar-refractivity contribution is 6.03. The smallest absolute Gasteiger partial charge is 0.155 e. The first-order valence-electron chi connectivity index (χ1n) is 3.11. The Morgan fingerprint density at radius 1 is 1.36 bits per heavy atom. The fourth-order valence-corrected chi connectivity index (χ4v) is 0.966. The second-order valence-corrected chi connectivity index (χ2v) is 2.25. The van der Waals surface area contributed by atoms with E-state index < -0.39 is 0 Å². The molecule has 3 nitrogen and oxygen atoms in total. The largest absolute Gasteiger partial charge is 0.382 e. The van der Waals surface area contributed by atoms with Crippen molar-refractivity contribution in [1.82, 2.24) is 5.43 Å². The number of nitrogens with two attached hydrogens (primary N) is 1. The van der Waals surface area contributed by atoms with E-state index in [2.05, 4.69) is 10.5 Å². The molecule has 1 aliphatic heterocycles. The summed E-state index contributed by atoms with van der Waals surface area (Å²) >= 11 is 0. The van der Waals surface area contributed by atoms with E-state index in [4.69, 9.17) is 5.73 Å². The number of fused-ring (bicyclic) bond motifs is 1. The summed E-state index contributed by atoms with van der Waals surface area (Å²) in [6, 6.07) is 4.21. The van der Waals surface area contributed by atoms with Crippen molar-refractivity contribution in [3.05, 3.63) is 29.6 Å². The monoisotopic (exact) mass is 150 g/mol. The summed E-state index contributed by atoms with van der Waals surface area (Å²) in [5.74, 6) is 0.0254. The standard InChI is InChI=1S/C7H5FN3/c8-4-1-2-5-6(3-4)10-11-7(5)9/h1-3H,(H2,9,11). The lowest BCUT2D eigenvalue weighted by Gasteiger charge is -1.94. The summed E-state index contributed by atoms with van der Waals surface area (Å²) in [5.41, 5.74) is 10.3. The van der Waals surface area contributed by atoms with Crippen molar-refractivity contribution < 1.29 is 4.39 Å². The van der Waals surface area contributed by atoms with Crippen molar-refractivity contribution in [3.8, 4) is 0 Å². The maximum absolute atomic E-state index is 12.5. The fraction of sp³-hybridized carbons (Fsp3) is 0. The lowest BCUT2D eigenvalue weighted by atomic mass is 10.2. The van der Waals surface area contributed by atoms with Crippen LogP contribution in [0.25, 0.3) is 0 Å². The van der Waals surface area contributed by atoms with E-state index in [9.17, 15) is 4.39 Å². The van der Waals surface area contributed by atoms with Gasteiger partial charge in [0.05, 0.1) is 5.69 Å². The van der Waals surface area contributed by atoms with Crippen LogP contribution in [0, 0.1) is 5.82 Å². The Morgan fingerprint density at radius 3 is 3.00 bits per heavy atom. The number of benzene rings is 1. The van der Waals surface area contributed by atoms with Gasteiger partial charge in [-0.1, -0.05) is 0 Å². The Bertz CT molecular complexity index is 332. The summed E-state index contributed by atoms with van der Waals surface area (Å²) in [4.78, 5) is 0. The molecule has 0 unspecified atom stereocenters. The van der Waals surface area contributed by atoms with Crippen molar-refractivity contribution in [2.75, 3.05) is 0 Å². The van der Waals surface area contributed by atoms with E-state index in [0.29, 0.717) is 17.1 Å². The second-order valence-electron chi connectivity index (χ2n) is 2.25. The predicted molar refractivity (Wildman–Crippen MR) is 38.9 cm³/mol. The topological polar surface area (TPSA) is 52.5 Å². The summed E-state index contributed by atoms with van der Waals surface area (Å²) < 4.78 is 12.5. The van der Waals surface area contributed by atoms with Crippen molar-refractivity contribution in [2.45, 2.75) is 0 Å². The maximum Gasteiger partial charge on any atom is 0.155 e. The first-order valence-corrected chi connectivity index (χ1v) is 3.11. The molecule has 0 bridgehead atoms. The van der Waals surface area contributed by atoms with Gasteiger partial charge >= 0.3 is 0 Å². The molecule has 1 aromatic carbocycles. The number of hydrogen-bond acceptors (Lipinski definition) is 2. The molecule has 0 amide bonds. The van der Waals surface area contributed by atoms with Crippen LogP contribution in [0.5, 0.6) is 0 Å². The lowest BCUT2D eigenvalue weighted by molar-refractivity contribution is 0.627. The molecular formula is C7H5FN3. The van der Waals surface area contributed by atoms with Gasteiger partial charge in [0.1, 0.15) is 5.82 Å². The molecule has 55 valence electrons. The molecule has 0 saturated carbocycles. The molecule has 0 atom stereocenters. The molecule has 1 heterocycles. The Morgan fingerprint density at radius 2 is 2.18 bits per heavy atom. The van der Waals surface area contributed by atoms with Crippen LogP contribution in [-0.2, 0) is 0 Å². The first kappa shape index (κ1) is 6.15. The zero-order chi connectivity index (χ0) is 7.84. The van der Waals surface area contributed by atoms with E-state index in [0.717, 1.165) is 0 Å². The molecule has 0 fully saturated rings. The zero-order valence-electron chi connectivity index (χ0n) is 5.58. The molecule has 0 aromatic heterocycles. The number of rotatable bonds is 0. The minimum atomic E-state index is -0.322. The normalized spacial score (nSPS) is 13.7. The summed E-state index contributed by atoms with van der Waals surface area (Å²) in [6.45, 7) is 0. The SMILES string of the molecule is NC1=N[N]c2cc(F)ccc21. The number of nitrogens with zero attached hydrogens (tertiary/aromatic N) is 2. The summed E-state index contributed by atoms with van der Waals surface area (Å²) in [7, 11) is 0. The average molecular weight is 150 g/mol. The molecule has 1 radical (unpaired) electrons. The van der Waals surface area contributed by atoms with Crippen LogP contribution in [0.1, 0.15) is 5.56 Å². The molecule has 1 aromatic rings. The van der Waals surface area contributed by atoms with Gasteiger partial charge in [0.15, 0.2) is 5.84 Å². The van der Waals surface area contributed by atoms with Crippen LogP contribution < -0.4 is 11.2 Å². The van der Waals surface area contributed by atoms with Crippen molar-refractivity contribution >= 4 is 11.5 Å². The van der Waals surface area contributed by atoms with Crippen molar-refractivity contribution in [3.63, 3.8) is 0 Å². The number of amidine groups is 1. The zero-order valence-corrected chi connectivity index (χ0v) is 5.58. The number of halogens is 1. The molecule has 0 saturated heterocycles. The Labute approximate surface area is 62.7 Å². The van der Waals surface area contributed by atoms with Gasteiger partial charge in [-0.15, -0.1) is 10.5 Å². The minimum Gasteiger partial charge on any atom is -0.382 e. The van der Waals surface area contributed by atoms with Crippen LogP contribution >= 0.6 is 0 Å². The molecule has 2 N–H and O–H groups in total. The van der Waals surface area contributed by atoms with Gasteiger partial charge in [0, 0.05) is 11.6 Å². The molecule has 2 rings (SSSR count). The molecule has 4 heteroatoms. The van der Waals surface area contributed by atoms with Crippen molar-refractivity contribution in [2.24, 2.45) is 10.8 Å². The minimum absolute atomic E-state index is 0.322. The average Bonchev–Trinajstić information content (AvgIpc) is 2.32. The van der Waals surface area contributed by atoms with E-state index >= 15 is 0 Å². The van der Waals surface area contributed by atoms with Gasteiger partial charge in [-0.05, 0) is 12.1 Å². The predicted octanol–water partition coefficient (Wildman–Crippen LogP) is 0.696. The van der Waals surface area contributed by atoms with E-state index in [1.807, 2.05) is 0 Å². The molecular weight excluding hydrogens is 145 g/mol. The lowest BCUT2D eigenvalue weighted by Crippen LogP contribution is -2.09. The van der Waals surface area contributed by atoms with Crippen LogP contribution in [0.3, 0.4) is 0 Å².